The standard InChI is InChI=1S/C22H26O4/c23-20-11-13-22(14-12-20,17-25-15-18-7-3-1-4-8-18)21(24)26-16-19-9-5-2-6-10-19/h1-10,20,23H,11-17H2. The van der Waals surface area contributed by atoms with E-state index in [4.69, 9.17) is 9.47 Å². The van der Waals surface area contributed by atoms with E-state index in [-0.39, 0.29) is 18.7 Å². The monoisotopic (exact) mass is 354 g/mol. The van der Waals surface area contributed by atoms with Crippen molar-refractivity contribution in [2.45, 2.75) is 45.0 Å². The van der Waals surface area contributed by atoms with Gasteiger partial charge in [-0.3, -0.25) is 4.79 Å². The highest BCUT2D eigenvalue weighted by molar-refractivity contribution is 5.77. The smallest absolute Gasteiger partial charge is 0.314 e. The number of carbonyl (C=O) groups excluding carboxylic acids is 1. The molecule has 2 aromatic rings. The molecule has 0 aliphatic heterocycles. The molecule has 0 atom stereocenters. The third-order valence-corrected chi connectivity index (χ3v) is 5.05. The van der Waals surface area contributed by atoms with Gasteiger partial charge in [0.1, 0.15) is 6.61 Å². The summed E-state index contributed by atoms with van der Waals surface area (Å²) in [4.78, 5) is 12.9. The minimum Gasteiger partial charge on any atom is -0.460 e. The van der Waals surface area contributed by atoms with Gasteiger partial charge in [-0.05, 0) is 36.8 Å². The van der Waals surface area contributed by atoms with E-state index < -0.39 is 5.41 Å². The van der Waals surface area contributed by atoms with Crippen LogP contribution in [0.1, 0.15) is 36.8 Å². The molecule has 0 bridgehead atoms. The van der Waals surface area contributed by atoms with Gasteiger partial charge in [0.15, 0.2) is 0 Å². The van der Waals surface area contributed by atoms with Crippen LogP contribution in [0.3, 0.4) is 0 Å². The quantitative estimate of drug-likeness (QED) is 0.767. The Morgan fingerprint density at radius 1 is 0.923 bits per heavy atom. The van der Waals surface area contributed by atoms with Crippen molar-refractivity contribution < 1.29 is 19.4 Å². The van der Waals surface area contributed by atoms with E-state index in [9.17, 15) is 9.90 Å². The van der Waals surface area contributed by atoms with Crippen molar-refractivity contribution in [2.24, 2.45) is 5.41 Å². The predicted octanol–water partition coefficient (Wildman–Crippen LogP) is 3.87. The minimum absolute atomic E-state index is 0.221. The molecular formula is C22H26O4. The Labute approximate surface area is 154 Å². The van der Waals surface area contributed by atoms with Crippen molar-refractivity contribution >= 4 is 5.97 Å². The number of ether oxygens (including phenoxy) is 2. The zero-order valence-electron chi connectivity index (χ0n) is 15.0. The van der Waals surface area contributed by atoms with Crippen molar-refractivity contribution in [2.75, 3.05) is 6.61 Å². The van der Waals surface area contributed by atoms with Gasteiger partial charge in [-0.2, -0.15) is 0 Å². The average molecular weight is 354 g/mol. The summed E-state index contributed by atoms with van der Waals surface area (Å²) in [6.07, 6.45) is 2.07. The SMILES string of the molecule is O=C(OCc1ccccc1)C1(COCc2ccccc2)CCC(O)CC1. The molecule has 2 aromatic carbocycles. The van der Waals surface area contributed by atoms with Crippen LogP contribution in [-0.4, -0.2) is 23.8 Å². The summed E-state index contributed by atoms with van der Waals surface area (Å²) < 4.78 is 11.5. The van der Waals surface area contributed by atoms with Crippen molar-refractivity contribution in [3.05, 3.63) is 71.8 Å². The minimum atomic E-state index is -0.664. The molecule has 0 aromatic heterocycles. The number of aliphatic hydroxyl groups excluding tert-OH is 1. The zero-order valence-corrected chi connectivity index (χ0v) is 15.0. The maximum atomic E-state index is 12.9. The van der Waals surface area contributed by atoms with Crippen LogP contribution < -0.4 is 0 Å². The summed E-state index contributed by atoms with van der Waals surface area (Å²) in [5.41, 5.74) is 1.39. The van der Waals surface area contributed by atoms with Crippen LogP contribution in [0.2, 0.25) is 0 Å². The number of esters is 1. The molecule has 138 valence electrons. The predicted molar refractivity (Wildman–Crippen MR) is 99.2 cm³/mol. The first kappa shape index (κ1) is 18.6. The maximum Gasteiger partial charge on any atom is 0.314 e. The van der Waals surface area contributed by atoms with Gasteiger partial charge in [-0.25, -0.2) is 0 Å². The highest BCUT2D eigenvalue weighted by Gasteiger charge is 2.43. The van der Waals surface area contributed by atoms with Crippen LogP contribution in [0, 0.1) is 5.41 Å². The Kier molecular flexibility index (Phi) is 6.42. The Morgan fingerprint density at radius 2 is 1.46 bits per heavy atom. The fourth-order valence-electron chi connectivity index (χ4n) is 3.38. The lowest BCUT2D eigenvalue weighted by molar-refractivity contribution is -0.166. The second kappa shape index (κ2) is 8.97. The molecule has 0 radical (unpaired) electrons. The van der Waals surface area contributed by atoms with Gasteiger partial charge in [0.25, 0.3) is 0 Å². The van der Waals surface area contributed by atoms with E-state index in [1.165, 1.54) is 0 Å². The van der Waals surface area contributed by atoms with Gasteiger partial charge in [-0.15, -0.1) is 0 Å². The van der Waals surface area contributed by atoms with Gasteiger partial charge in [-0.1, -0.05) is 60.7 Å². The Balaban J connectivity index is 1.60. The molecule has 3 rings (SSSR count). The number of hydrogen-bond acceptors (Lipinski definition) is 4. The molecule has 0 heterocycles. The summed E-state index contributed by atoms with van der Waals surface area (Å²) in [6.45, 7) is 1.06. The summed E-state index contributed by atoms with van der Waals surface area (Å²) in [5, 5.41) is 9.84. The van der Waals surface area contributed by atoms with Crippen molar-refractivity contribution in [1.82, 2.24) is 0 Å². The summed E-state index contributed by atoms with van der Waals surface area (Å²) >= 11 is 0. The van der Waals surface area contributed by atoms with Crippen LogP contribution in [0.25, 0.3) is 0 Å². The van der Waals surface area contributed by atoms with Gasteiger partial charge >= 0.3 is 5.97 Å². The molecule has 0 spiro atoms. The van der Waals surface area contributed by atoms with Gasteiger partial charge < -0.3 is 14.6 Å². The molecule has 4 nitrogen and oxygen atoms in total. The van der Waals surface area contributed by atoms with E-state index in [1.807, 2.05) is 60.7 Å². The van der Waals surface area contributed by atoms with Gasteiger partial charge in [0.2, 0.25) is 0 Å². The molecule has 26 heavy (non-hydrogen) atoms. The molecule has 0 saturated heterocycles. The first-order valence-corrected chi connectivity index (χ1v) is 9.19. The largest absolute Gasteiger partial charge is 0.460 e. The molecule has 0 unspecified atom stereocenters. The lowest BCUT2D eigenvalue weighted by Crippen LogP contribution is -2.41. The number of rotatable bonds is 7. The average Bonchev–Trinajstić information content (AvgIpc) is 2.69. The second-order valence-corrected chi connectivity index (χ2v) is 7.05. The Hall–Kier alpha value is -2.17. The van der Waals surface area contributed by atoms with Crippen LogP contribution in [-0.2, 0) is 27.5 Å². The molecule has 1 fully saturated rings. The number of aliphatic hydroxyl groups is 1. The topological polar surface area (TPSA) is 55.8 Å². The molecule has 1 aliphatic carbocycles. The van der Waals surface area contributed by atoms with Gasteiger partial charge in [0, 0.05) is 0 Å². The molecule has 1 N–H and O–H groups in total. The third kappa shape index (κ3) is 4.93. The van der Waals surface area contributed by atoms with Crippen molar-refractivity contribution in [1.29, 1.82) is 0 Å². The molecule has 1 aliphatic rings. The number of hydrogen-bond donors (Lipinski definition) is 1. The summed E-state index contributed by atoms with van der Waals surface area (Å²) in [6, 6.07) is 19.6. The zero-order chi connectivity index (χ0) is 18.2. The van der Waals surface area contributed by atoms with Crippen molar-refractivity contribution in [3.8, 4) is 0 Å². The molecule has 0 amide bonds. The normalized spacial score (nSPS) is 22.7. The number of carbonyl (C=O) groups is 1. The van der Waals surface area contributed by atoms with E-state index in [1.54, 1.807) is 0 Å². The fourth-order valence-corrected chi connectivity index (χ4v) is 3.38. The maximum absolute atomic E-state index is 12.9. The second-order valence-electron chi connectivity index (χ2n) is 7.05. The lowest BCUT2D eigenvalue weighted by atomic mass is 9.73. The first-order valence-electron chi connectivity index (χ1n) is 9.19. The van der Waals surface area contributed by atoms with Crippen LogP contribution in [0.5, 0.6) is 0 Å². The number of benzene rings is 2. The van der Waals surface area contributed by atoms with E-state index in [0.717, 1.165) is 11.1 Å². The van der Waals surface area contributed by atoms with E-state index in [2.05, 4.69) is 0 Å². The fraction of sp³-hybridized carbons (Fsp3) is 0.409. The van der Waals surface area contributed by atoms with E-state index >= 15 is 0 Å². The lowest BCUT2D eigenvalue weighted by Gasteiger charge is -2.36. The van der Waals surface area contributed by atoms with Gasteiger partial charge in [0.05, 0.1) is 24.7 Å². The Morgan fingerprint density at radius 3 is 2.04 bits per heavy atom. The molecular weight excluding hydrogens is 328 g/mol. The Bertz CT molecular complexity index is 676. The van der Waals surface area contributed by atoms with Crippen LogP contribution in [0.4, 0.5) is 0 Å². The highest BCUT2D eigenvalue weighted by atomic mass is 16.5. The summed E-state index contributed by atoms with van der Waals surface area (Å²) in [7, 11) is 0. The van der Waals surface area contributed by atoms with Crippen LogP contribution in [0.15, 0.2) is 60.7 Å². The summed E-state index contributed by atoms with van der Waals surface area (Å²) in [5.74, 6) is -0.221. The highest BCUT2D eigenvalue weighted by Crippen LogP contribution is 2.38. The van der Waals surface area contributed by atoms with Crippen molar-refractivity contribution in [3.63, 3.8) is 0 Å². The first-order chi connectivity index (χ1) is 12.7. The molecule has 1 saturated carbocycles. The third-order valence-electron chi connectivity index (χ3n) is 5.05. The van der Waals surface area contributed by atoms with E-state index in [0.29, 0.717) is 38.9 Å². The van der Waals surface area contributed by atoms with Crippen LogP contribution >= 0.6 is 0 Å². The molecule has 4 heteroatoms.